The molecule has 8 nitrogen and oxygen atoms in total. The molecule has 0 spiro atoms. The van der Waals surface area contributed by atoms with Crippen LogP contribution in [0.5, 0.6) is 0 Å². The number of hydrogen-bond acceptors (Lipinski definition) is 6. The van der Waals surface area contributed by atoms with Crippen molar-refractivity contribution in [3.05, 3.63) is 94.3 Å². The van der Waals surface area contributed by atoms with Gasteiger partial charge in [0.15, 0.2) is 11.4 Å². The molecule has 8 heteroatoms. The number of aliphatic imine (C=N–C) groups is 1. The Morgan fingerprint density at radius 1 is 0.867 bits per heavy atom. The summed E-state index contributed by atoms with van der Waals surface area (Å²) >= 11 is 0. The molecule has 154 valence electrons. The summed E-state index contributed by atoms with van der Waals surface area (Å²) in [6.45, 7) is 2.05. The largest absolute Gasteiger partial charge is 0.595 e. The van der Waals surface area contributed by atoms with E-state index < -0.39 is 16.0 Å². The van der Waals surface area contributed by atoms with Gasteiger partial charge in [-0.1, -0.05) is 24.3 Å². The Morgan fingerprint density at radius 3 is 2.03 bits per heavy atom. The van der Waals surface area contributed by atoms with Crippen LogP contribution in [-0.4, -0.2) is 16.1 Å². The molecule has 1 heterocycles. The predicted molar refractivity (Wildman–Crippen MR) is 113 cm³/mol. The molecule has 1 aliphatic heterocycles. The number of nitrogens with zero attached hydrogens (tertiary/aromatic N) is 1. The first kappa shape index (κ1) is 20.2. The number of quaternary nitrogens is 2. The molecular weight excluding hydrogens is 384 g/mol. The zero-order valence-electron chi connectivity index (χ0n) is 16.3. The van der Waals surface area contributed by atoms with Crippen molar-refractivity contribution in [1.82, 2.24) is 0 Å². The van der Waals surface area contributed by atoms with Crippen molar-refractivity contribution in [2.24, 2.45) is 4.99 Å². The Labute approximate surface area is 173 Å². The molecule has 0 aliphatic carbocycles. The van der Waals surface area contributed by atoms with Crippen LogP contribution in [-0.2, 0) is 5.54 Å². The van der Waals surface area contributed by atoms with E-state index in [0.717, 1.165) is 28.2 Å². The summed E-state index contributed by atoms with van der Waals surface area (Å²) in [6, 6.07) is 21.2. The maximum absolute atomic E-state index is 11.2. The Balaban J connectivity index is 1.77. The van der Waals surface area contributed by atoms with Crippen LogP contribution in [0.3, 0.4) is 0 Å². The van der Waals surface area contributed by atoms with Crippen molar-refractivity contribution in [1.29, 1.82) is 0 Å². The van der Waals surface area contributed by atoms with Crippen molar-refractivity contribution < 1.29 is 20.9 Å². The molecule has 3 aromatic carbocycles. The monoisotopic (exact) mass is 406 g/mol. The zero-order chi connectivity index (χ0) is 21.3. The lowest BCUT2D eigenvalue weighted by Crippen LogP contribution is -2.99. The lowest BCUT2D eigenvalue weighted by Gasteiger charge is -2.32. The molecule has 0 saturated carbocycles. The minimum atomic E-state index is -0.972. The molecule has 3 aromatic rings. The van der Waals surface area contributed by atoms with Crippen LogP contribution in [0.1, 0.15) is 24.5 Å². The molecule has 1 aliphatic rings. The average Bonchev–Trinajstić information content (AvgIpc) is 2.90. The van der Waals surface area contributed by atoms with Crippen LogP contribution in [0, 0.1) is 10.4 Å². The normalized spacial score (nSPS) is 20.4. The highest BCUT2D eigenvalue weighted by Gasteiger charge is 2.32. The van der Waals surface area contributed by atoms with Gasteiger partial charge in [-0.25, -0.2) is 10.4 Å². The summed E-state index contributed by atoms with van der Waals surface area (Å²) < 4.78 is 0. The number of hydrogen-bond donors (Lipinski definition) is 5. The fourth-order valence-corrected chi connectivity index (χ4v) is 3.66. The number of benzene rings is 3. The molecule has 0 fully saturated rings. The van der Waals surface area contributed by atoms with Gasteiger partial charge in [0.2, 0.25) is 0 Å². The molecule has 5 N–H and O–H groups in total. The van der Waals surface area contributed by atoms with Crippen molar-refractivity contribution in [3.63, 3.8) is 0 Å². The van der Waals surface area contributed by atoms with Gasteiger partial charge in [0.05, 0.1) is 22.6 Å². The third kappa shape index (κ3) is 3.96. The van der Waals surface area contributed by atoms with Gasteiger partial charge in [0, 0.05) is 30.7 Å². The van der Waals surface area contributed by atoms with Crippen molar-refractivity contribution in [3.8, 4) is 0 Å². The first-order chi connectivity index (χ1) is 14.4. The smallest absolute Gasteiger partial charge is 0.163 e. The number of fused-ring (bicyclic) bond motifs is 1. The number of rotatable bonds is 4. The van der Waals surface area contributed by atoms with Crippen LogP contribution >= 0.6 is 0 Å². The van der Waals surface area contributed by atoms with Gasteiger partial charge >= 0.3 is 0 Å². The zero-order valence-corrected chi connectivity index (χ0v) is 16.3. The molecule has 2 unspecified atom stereocenters. The standard InChI is InChI=1S/C22H22N4O4/c1-22(16-8-12-18(13-9-16)26(29)30)14-21(15-6-10-17(11-7-15)25(27)28)23-19-4-2-3-5-20(19)24-22/h2-13,24-27,29H,14H2,1H3/t22-/m0/s1. The van der Waals surface area contributed by atoms with Gasteiger partial charge < -0.3 is 15.7 Å². The summed E-state index contributed by atoms with van der Waals surface area (Å²) in [6.07, 6.45) is 0.528. The van der Waals surface area contributed by atoms with E-state index >= 15 is 0 Å². The molecule has 0 bridgehead atoms. The van der Waals surface area contributed by atoms with E-state index in [1.807, 2.05) is 43.3 Å². The maximum Gasteiger partial charge on any atom is 0.163 e. The summed E-state index contributed by atoms with van der Waals surface area (Å²) in [5.74, 6) is 0. The van der Waals surface area contributed by atoms with E-state index in [2.05, 4.69) is 5.32 Å². The van der Waals surface area contributed by atoms with Crippen molar-refractivity contribution in [2.45, 2.75) is 18.9 Å². The third-order valence-electron chi connectivity index (χ3n) is 5.33. The molecular formula is C22H22N4O4. The second-order valence-corrected chi connectivity index (χ2v) is 7.47. The first-order valence-electron chi connectivity index (χ1n) is 9.48. The van der Waals surface area contributed by atoms with E-state index in [4.69, 9.17) is 4.99 Å². The van der Waals surface area contributed by atoms with Crippen LogP contribution in [0.25, 0.3) is 0 Å². The number of anilines is 1. The summed E-state index contributed by atoms with van der Waals surface area (Å²) in [4.78, 5) is 4.86. The highest BCUT2D eigenvalue weighted by atomic mass is 16.8. The second kappa shape index (κ2) is 7.96. The highest BCUT2D eigenvalue weighted by molar-refractivity contribution is 6.04. The Morgan fingerprint density at radius 2 is 1.43 bits per heavy atom. The lowest BCUT2D eigenvalue weighted by atomic mass is 9.85. The van der Waals surface area contributed by atoms with Gasteiger partial charge in [0.25, 0.3) is 0 Å². The summed E-state index contributed by atoms with van der Waals surface area (Å²) in [5.41, 5.74) is 4.15. The lowest BCUT2D eigenvalue weighted by molar-refractivity contribution is -0.991. The summed E-state index contributed by atoms with van der Waals surface area (Å²) in [7, 11) is 0. The van der Waals surface area contributed by atoms with Crippen LogP contribution in [0.15, 0.2) is 77.8 Å². The van der Waals surface area contributed by atoms with Crippen molar-refractivity contribution >= 4 is 28.5 Å². The van der Waals surface area contributed by atoms with Gasteiger partial charge in [-0.2, -0.15) is 10.5 Å². The second-order valence-electron chi connectivity index (χ2n) is 7.47. The highest BCUT2D eigenvalue weighted by Crippen LogP contribution is 2.39. The van der Waals surface area contributed by atoms with E-state index in [9.17, 15) is 20.8 Å². The van der Waals surface area contributed by atoms with E-state index in [-0.39, 0.29) is 11.4 Å². The fraction of sp³-hybridized carbons (Fsp3) is 0.136. The minimum Gasteiger partial charge on any atom is -0.595 e. The third-order valence-corrected chi connectivity index (χ3v) is 5.33. The molecule has 3 atom stereocenters. The molecule has 30 heavy (non-hydrogen) atoms. The van der Waals surface area contributed by atoms with Gasteiger partial charge in [-0.15, -0.1) is 0 Å². The molecule has 0 saturated heterocycles. The van der Waals surface area contributed by atoms with E-state index in [0.29, 0.717) is 6.42 Å². The van der Waals surface area contributed by atoms with E-state index in [1.54, 1.807) is 36.4 Å². The number of nitrogens with one attached hydrogen (secondary N) is 3. The Hall–Kier alpha value is -3.11. The Bertz CT molecular complexity index is 1070. The fourth-order valence-electron chi connectivity index (χ4n) is 3.66. The summed E-state index contributed by atoms with van der Waals surface area (Å²) in [5, 5.41) is 42.4. The quantitative estimate of drug-likeness (QED) is 0.426. The van der Waals surface area contributed by atoms with Gasteiger partial charge in [0.1, 0.15) is 0 Å². The molecule has 0 radical (unpaired) electrons. The van der Waals surface area contributed by atoms with Crippen LogP contribution in [0.2, 0.25) is 0 Å². The van der Waals surface area contributed by atoms with Gasteiger partial charge in [-0.05, 0) is 42.3 Å². The van der Waals surface area contributed by atoms with Crippen LogP contribution in [0.4, 0.5) is 22.7 Å². The number of para-hydroxylation sites is 2. The van der Waals surface area contributed by atoms with Gasteiger partial charge in [-0.3, -0.25) is 4.99 Å². The SMILES string of the molecule is C[C@@]1(c2ccc([NH+]([O-])O)cc2)CC(c2ccc([NH+]([O-])O)cc2)=Nc2ccccc2N1. The maximum atomic E-state index is 11.2. The molecule has 4 rings (SSSR count). The predicted octanol–water partition coefficient (Wildman–Crippen LogP) is 2.35. The molecule has 0 amide bonds. The molecule has 0 aromatic heterocycles. The van der Waals surface area contributed by atoms with Crippen molar-refractivity contribution in [2.75, 3.05) is 5.32 Å². The topological polar surface area (TPSA) is 120 Å². The first-order valence-corrected chi connectivity index (χ1v) is 9.48. The minimum absolute atomic E-state index is 0.221. The van der Waals surface area contributed by atoms with E-state index in [1.165, 1.54) is 0 Å². The van der Waals surface area contributed by atoms with Crippen LogP contribution < -0.4 is 15.8 Å². The average molecular weight is 406 g/mol. The Kier molecular flexibility index (Phi) is 5.35.